The van der Waals surface area contributed by atoms with Crippen molar-refractivity contribution in [1.29, 1.82) is 5.26 Å². The van der Waals surface area contributed by atoms with E-state index < -0.39 is 0 Å². The highest BCUT2D eigenvalue weighted by Gasteiger charge is 2.08. The minimum atomic E-state index is 0.190. The van der Waals surface area contributed by atoms with E-state index in [9.17, 15) is 10.4 Å². The Morgan fingerprint density at radius 2 is 2.00 bits per heavy atom. The first-order valence-corrected chi connectivity index (χ1v) is 6.25. The number of nitrogens with zero attached hydrogens (tertiary/aromatic N) is 1. The lowest BCUT2D eigenvalue weighted by Crippen LogP contribution is -1.80. The number of hydrogen-bond donors (Lipinski definition) is 2. The summed E-state index contributed by atoms with van der Waals surface area (Å²) in [6, 6.07) is 16.9. The highest BCUT2D eigenvalue weighted by Crippen LogP contribution is 2.26. The van der Waals surface area contributed by atoms with Crippen LogP contribution in [0.5, 0.6) is 5.75 Å². The van der Waals surface area contributed by atoms with Crippen LogP contribution in [0, 0.1) is 11.3 Å². The molecular formula is C17H12N2O. The molecular weight excluding hydrogens is 248 g/mol. The van der Waals surface area contributed by atoms with Gasteiger partial charge in [0.05, 0.1) is 11.6 Å². The zero-order valence-electron chi connectivity index (χ0n) is 10.7. The number of aromatic amines is 1. The van der Waals surface area contributed by atoms with Crippen LogP contribution in [0.25, 0.3) is 22.6 Å². The Morgan fingerprint density at radius 1 is 1.15 bits per heavy atom. The lowest BCUT2D eigenvalue weighted by atomic mass is 10.0. The van der Waals surface area contributed by atoms with E-state index in [0.29, 0.717) is 5.57 Å². The molecule has 0 saturated heterocycles. The topological polar surface area (TPSA) is 59.8 Å². The molecule has 2 N–H and O–H groups in total. The second-order valence-electron chi connectivity index (χ2n) is 4.51. The Labute approximate surface area is 116 Å². The normalized spacial score (nSPS) is 11.4. The summed E-state index contributed by atoms with van der Waals surface area (Å²) in [7, 11) is 0. The zero-order chi connectivity index (χ0) is 13.9. The van der Waals surface area contributed by atoms with Gasteiger partial charge in [0.25, 0.3) is 0 Å². The second-order valence-corrected chi connectivity index (χ2v) is 4.51. The van der Waals surface area contributed by atoms with E-state index in [4.69, 9.17) is 0 Å². The van der Waals surface area contributed by atoms with Gasteiger partial charge in [-0.15, -0.1) is 0 Å². The number of benzene rings is 2. The molecule has 1 aromatic heterocycles. The number of rotatable bonds is 2. The number of phenols is 1. The number of para-hydroxylation sites is 1. The summed E-state index contributed by atoms with van der Waals surface area (Å²) in [5.74, 6) is 0.190. The monoisotopic (exact) mass is 260 g/mol. The van der Waals surface area contributed by atoms with Crippen molar-refractivity contribution in [3.05, 3.63) is 65.9 Å². The van der Waals surface area contributed by atoms with Gasteiger partial charge in [-0.05, 0) is 29.8 Å². The summed E-state index contributed by atoms with van der Waals surface area (Å²) in [5.41, 5.74) is 3.23. The highest BCUT2D eigenvalue weighted by atomic mass is 16.3. The Kier molecular flexibility index (Phi) is 2.98. The fourth-order valence-electron chi connectivity index (χ4n) is 2.25. The minimum Gasteiger partial charge on any atom is -0.508 e. The van der Waals surface area contributed by atoms with Gasteiger partial charge in [-0.3, -0.25) is 0 Å². The molecule has 3 heteroatoms. The van der Waals surface area contributed by atoms with Gasteiger partial charge in [-0.1, -0.05) is 30.3 Å². The van der Waals surface area contributed by atoms with Crippen molar-refractivity contribution in [2.24, 2.45) is 0 Å². The van der Waals surface area contributed by atoms with E-state index in [1.165, 1.54) is 0 Å². The molecule has 0 atom stereocenters. The minimum absolute atomic E-state index is 0.190. The van der Waals surface area contributed by atoms with Gasteiger partial charge in [-0.2, -0.15) is 5.26 Å². The number of nitrogens with one attached hydrogen (secondary N) is 1. The average Bonchev–Trinajstić information content (AvgIpc) is 2.89. The summed E-state index contributed by atoms with van der Waals surface area (Å²) in [6.07, 6.45) is 3.61. The molecule has 0 saturated carbocycles. The number of fused-ring (bicyclic) bond motifs is 1. The number of H-pyrrole nitrogens is 1. The molecule has 3 rings (SSSR count). The lowest BCUT2D eigenvalue weighted by molar-refractivity contribution is 0.475. The third-order valence-corrected chi connectivity index (χ3v) is 3.18. The van der Waals surface area contributed by atoms with Crippen molar-refractivity contribution in [1.82, 2.24) is 4.98 Å². The number of aromatic nitrogens is 1. The summed E-state index contributed by atoms with van der Waals surface area (Å²) in [5, 5.41) is 19.9. The van der Waals surface area contributed by atoms with Gasteiger partial charge in [0.2, 0.25) is 0 Å². The maximum atomic E-state index is 9.48. The van der Waals surface area contributed by atoms with Crippen LogP contribution in [0.1, 0.15) is 11.1 Å². The molecule has 2 aromatic carbocycles. The van der Waals surface area contributed by atoms with Crippen molar-refractivity contribution in [3.63, 3.8) is 0 Å². The van der Waals surface area contributed by atoms with Crippen LogP contribution in [-0.2, 0) is 0 Å². The van der Waals surface area contributed by atoms with Crippen molar-refractivity contribution >= 4 is 22.6 Å². The summed E-state index contributed by atoms with van der Waals surface area (Å²) < 4.78 is 0. The molecule has 1 heterocycles. The number of aromatic hydroxyl groups is 1. The van der Waals surface area contributed by atoms with Gasteiger partial charge >= 0.3 is 0 Å². The molecule has 0 radical (unpaired) electrons. The predicted octanol–water partition coefficient (Wildman–Crippen LogP) is 3.94. The van der Waals surface area contributed by atoms with Crippen molar-refractivity contribution < 1.29 is 5.11 Å². The Bertz CT molecular complexity index is 837. The van der Waals surface area contributed by atoms with E-state index in [-0.39, 0.29) is 5.75 Å². The third kappa shape index (κ3) is 2.15. The fourth-order valence-corrected chi connectivity index (χ4v) is 2.25. The molecule has 0 bridgehead atoms. The van der Waals surface area contributed by atoms with E-state index in [2.05, 4.69) is 11.1 Å². The molecule has 0 aliphatic rings. The molecule has 3 aromatic rings. The van der Waals surface area contributed by atoms with Crippen LogP contribution in [0.2, 0.25) is 0 Å². The number of hydrogen-bond acceptors (Lipinski definition) is 2. The predicted molar refractivity (Wildman–Crippen MR) is 79.9 cm³/mol. The Morgan fingerprint density at radius 3 is 2.80 bits per heavy atom. The smallest absolute Gasteiger partial charge is 0.116 e. The maximum absolute atomic E-state index is 9.48. The largest absolute Gasteiger partial charge is 0.508 e. The molecule has 3 nitrogen and oxygen atoms in total. The van der Waals surface area contributed by atoms with Crippen LogP contribution >= 0.6 is 0 Å². The Balaban J connectivity index is 2.13. The molecule has 0 spiro atoms. The standard InChI is InChI=1S/C17H12N2O/c18-10-13(8-12-4-3-5-14(20)9-12)16-11-19-17-7-2-1-6-15(16)17/h1-9,11,19-20H/b13-8+. The Hall–Kier alpha value is -2.99. The van der Waals surface area contributed by atoms with Crippen LogP contribution in [0.3, 0.4) is 0 Å². The number of nitriles is 1. The average molecular weight is 260 g/mol. The summed E-state index contributed by atoms with van der Waals surface area (Å²) in [6.45, 7) is 0. The van der Waals surface area contributed by atoms with E-state index in [1.807, 2.05) is 36.5 Å². The second kappa shape index (κ2) is 4.94. The van der Waals surface area contributed by atoms with Crippen LogP contribution < -0.4 is 0 Å². The molecule has 0 unspecified atom stereocenters. The fraction of sp³-hybridized carbons (Fsp3) is 0. The van der Waals surface area contributed by atoms with Crippen molar-refractivity contribution in [3.8, 4) is 11.8 Å². The van der Waals surface area contributed by atoms with Crippen molar-refractivity contribution in [2.45, 2.75) is 0 Å². The van der Waals surface area contributed by atoms with E-state index in [1.54, 1.807) is 24.3 Å². The quantitative estimate of drug-likeness (QED) is 0.686. The van der Waals surface area contributed by atoms with Gasteiger partial charge in [0, 0.05) is 22.7 Å². The van der Waals surface area contributed by atoms with Gasteiger partial charge in [0.1, 0.15) is 5.75 Å². The van der Waals surface area contributed by atoms with Crippen molar-refractivity contribution in [2.75, 3.05) is 0 Å². The highest BCUT2D eigenvalue weighted by molar-refractivity contribution is 6.01. The van der Waals surface area contributed by atoms with Crippen LogP contribution in [0.4, 0.5) is 0 Å². The molecule has 0 amide bonds. The first kappa shape index (κ1) is 12.1. The third-order valence-electron chi connectivity index (χ3n) is 3.18. The van der Waals surface area contributed by atoms with Gasteiger partial charge < -0.3 is 10.1 Å². The van der Waals surface area contributed by atoms with E-state index >= 15 is 0 Å². The molecule has 20 heavy (non-hydrogen) atoms. The zero-order valence-corrected chi connectivity index (χ0v) is 10.7. The number of phenolic OH excluding ortho intramolecular Hbond substituents is 1. The summed E-state index contributed by atoms with van der Waals surface area (Å²) >= 11 is 0. The first-order valence-electron chi connectivity index (χ1n) is 6.25. The summed E-state index contributed by atoms with van der Waals surface area (Å²) in [4.78, 5) is 3.16. The number of allylic oxidation sites excluding steroid dienone is 1. The van der Waals surface area contributed by atoms with Crippen LogP contribution in [-0.4, -0.2) is 10.1 Å². The lowest BCUT2D eigenvalue weighted by Gasteiger charge is -1.99. The maximum Gasteiger partial charge on any atom is 0.116 e. The molecule has 0 fully saturated rings. The van der Waals surface area contributed by atoms with E-state index in [0.717, 1.165) is 22.0 Å². The molecule has 0 aliphatic carbocycles. The van der Waals surface area contributed by atoms with Gasteiger partial charge in [-0.25, -0.2) is 0 Å². The van der Waals surface area contributed by atoms with Gasteiger partial charge in [0.15, 0.2) is 0 Å². The molecule has 96 valence electrons. The van der Waals surface area contributed by atoms with Crippen LogP contribution in [0.15, 0.2) is 54.7 Å². The SMILES string of the molecule is N#C/C(=C\c1cccc(O)c1)c1c[nH]c2ccccc12. The molecule has 0 aliphatic heterocycles. The first-order chi connectivity index (χ1) is 9.78.